The number of hydrogen-bond donors (Lipinski definition) is 1. The van der Waals surface area contributed by atoms with Crippen molar-refractivity contribution >= 4 is 23.6 Å². The van der Waals surface area contributed by atoms with Crippen LogP contribution in [0.15, 0.2) is 47.6 Å². The van der Waals surface area contributed by atoms with E-state index in [2.05, 4.69) is 4.98 Å². The number of rotatable bonds is 3. The third-order valence-corrected chi connectivity index (χ3v) is 6.59. The molecule has 25 heavy (non-hydrogen) atoms. The van der Waals surface area contributed by atoms with Gasteiger partial charge in [0.2, 0.25) is 5.91 Å². The van der Waals surface area contributed by atoms with Crippen LogP contribution in [0.2, 0.25) is 0 Å². The average molecular weight is 354 g/mol. The number of carboxylic acid groups (broad SMARTS) is 1. The Balaban J connectivity index is 1.54. The van der Waals surface area contributed by atoms with Crippen LogP contribution in [0.5, 0.6) is 0 Å². The molecule has 2 aliphatic heterocycles. The van der Waals surface area contributed by atoms with Gasteiger partial charge in [-0.15, -0.1) is 11.8 Å². The number of likely N-dealkylation sites (tertiary alicyclic amines) is 1. The van der Waals surface area contributed by atoms with Gasteiger partial charge < -0.3 is 10.0 Å². The SMILES string of the molecule is O=C(O)c1ccc2c(c1)CCC1(CCN(Cc3ccncc3)C1=O)S2. The second-order valence-electron chi connectivity index (χ2n) is 6.56. The molecule has 0 saturated carbocycles. The molecular formula is C19H18N2O3S. The molecule has 0 radical (unpaired) electrons. The highest BCUT2D eigenvalue weighted by atomic mass is 32.2. The predicted molar refractivity (Wildman–Crippen MR) is 94.6 cm³/mol. The number of thioether (sulfide) groups is 1. The molecule has 3 heterocycles. The number of carbonyl (C=O) groups is 2. The number of benzene rings is 1. The summed E-state index contributed by atoms with van der Waals surface area (Å²) >= 11 is 1.61. The number of carbonyl (C=O) groups excluding carboxylic acids is 1. The highest BCUT2D eigenvalue weighted by Crippen LogP contribution is 2.49. The largest absolute Gasteiger partial charge is 0.478 e. The Hall–Kier alpha value is -2.34. The first-order chi connectivity index (χ1) is 12.1. The summed E-state index contributed by atoms with van der Waals surface area (Å²) in [5, 5.41) is 9.14. The number of aryl methyl sites for hydroxylation is 1. The number of hydrogen-bond acceptors (Lipinski definition) is 4. The van der Waals surface area contributed by atoms with Gasteiger partial charge in [0.1, 0.15) is 4.75 Å². The highest BCUT2D eigenvalue weighted by molar-refractivity contribution is 8.01. The van der Waals surface area contributed by atoms with E-state index in [9.17, 15) is 9.59 Å². The molecule has 1 unspecified atom stereocenters. The maximum absolute atomic E-state index is 13.1. The van der Waals surface area contributed by atoms with Crippen molar-refractivity contribution in [2.24, 2.45) is 0 Å². The van der Waals surface area contributed by atoms with E-state index in [0.717, 1.165) is 41.8 Å². The smallest absolute Gasteiger partial charge is 0.335 e. The van der Waals surface area contributed by atoms with Crippen molar-refractivity contribution in [2.45, 2.75) is 35.4 Å². The van der Waals surface area contributed by atoms with Crippen LogP contribution in [0.3, 0.4) is 0 Å². The molecule has 4 rings (SSSR count). The van der Waals surface area contributed by atoms with Crippen molar-refractivity contribution in [3.63, 3.8) is 0 Å². The van der Waals surface area contributed by atoms with Crippen LogP contribution in [0, 0.1) is 0 Å². The second-order valence-corrected chi connectivity index (χ2v) is 7.98. The summed E-state index contributed by atoms with van der Waals surface area (Å²) in [6.45, 7) is 1.38. The standard InChI is InChI=1S/C19H18N2O3S/c22-17(23)15-1-2-16-14(11-15)3-6-19(25-16)7-10-21(18(19)24)12-13-4-8-20-9-5-13/h1-2,4-5,8-9,11H,3,6-7,10,12H2,(H,22,23). The molecule has 1 fully saturated rings. The van der Waals surface area contributed by atoms with Gasteiger partial charge in [0.05, 0.1) is 5.56 Å². The zero-order valence-corrected chi connectivity index (χ0v) is 14.5. The number of amides is 1. The van der Waals surface area contributed by atoms with E-state index in [0.29, 0.717) is 12.1 Å². The van der Waals surface area contributed by atoms with E-state index in [1.54, 1.807) is 36.3 Å². The monoisotopic (exact) mass is 354 g/mol. The number of fused-ring (bicyclic) bond motifs is 1. The summed E-state index contributed by atoms with van der Waals surface area (Å²) in [5.74, 6) is -0.712. The number of carboxylic acids is 1. The molecule has 1 aromatic carbocycles. The van der Waals surface area contributed by atoms with Crippen molar-refractivity contribution in [1.29, 1.82) is 0 Å². The van der Waals surface area contributed by atoms with Crippen molar-refractivity contribution in [1.82, 2.24) is 9.88 Å². The lowest BCUT2D eigenvalue weighted by Crippen LogP contribution is -2.39. The quantitative estimate of drug-likeness (QED) is 0.917. The van der Waals surface area contributed by atoms with Crippen LogP contribution >= 0.6 is 11.8 Å². The first-order valence-corrected chi connectivity index (χ1v) is 9.13. The van der Waals surface area contributed by atoms with Crippen molar-refractivity contribution in [2.75, 3.05) is 6.54 Å². The molecule has 1 spiro atoms. The maximum Gasteiger partial charge on any atom is 0.335 e. The van der Waals surface area contributed by atoms with E-state index in [4.69, 9.17) is 5.11 Å². The van der Waals surface area contributed by atoms with Gasteiger partial charge in [0, 0.05) is 30.4 Å². The van der Waals surface area contributed by atoms with Crippen LogP contribution in [0.4, 0.5) is 0 Å². The average Bonchev–Trinajstić information content (AvgIpc) is 2.91. The van der Waals surface area contributed by atoms with Gasteiger partial charge in [-0.1, -0.05) is 0 Å². The number of aromatic nitrogens is 1. The Morgan fingerprint density at radius 2 is 2.04 bits per heavy atom. The minimum atomic E-state index is -0.909. The fraction of sp³-hybridized carbons (Fsp3) is 0.316. The summed E-state index contributed by atoms with van der Waals surface area (Å²) in [7, 11) is 0. The summed E-state index contributed by atoms with van der Waals surface area (Å²) in [6, 6.07) is 9.10. The van der Waals surface area contributed by atoms with Gasteiger partial charge in [-0.3, -0.25) is 9.78 Å². The van der Waals surface area contributed by atoms with Crippen LogP contribution in [-0.4, -0.2) is 38.2 Å². The van der Waals surface area contributed by atoms with Crippen molar-refractivity contribution < 1.29 is 14.7 Å². The van der Waals surface area contributed by atoms with Gasteiger partial charge in [-0.25, -0.2) is 4.79 Å². The maximum atomic E-state index is 13.1. The summed E-state index contributed by atoms with van der Waals surface area (Å²) in [6.07, 6.45) is 5.84. The molecule has 2 aromatic rings. The lowest BCUT2D eigenvalue weighted by molar-refractivity contribution is -0.130. The van der Waals surface area contributed by atoms with E-state index in [1.807, 2.05) is 23.1 Å². The zero-order valence-electron chi connectivity index (χ0n) is 13.6. The lowest BCUT2D eigenvalue weighted by atomic mass is 9.95. The summed E-state index contributed by atoms with van der Waals surface area (Å²) in [5.41, 5.74) is 2.44. The molecule has 0 aliphatic carbocycles. The third kappa shape index (κ3) is 2.91. The fourth-order valence-corrected chi connectivity index (χ4v) is 5.07. The topological polar surface area (TPSA) is 70.5 Å². The second kappa shape index (κ2) is 6.19. The number of pyridine rings is 1. The molecular weight excluding hydrogens is 336 g/mol. The Morgan fingerprint density at radius 1 is 1.24 bits per heavy atom. The van der Waals surface area contributed by atoms with Crippen LogP contribution in [-0.2, 0) is 17.8 Å². The Kier molecular flexibility index (Phi) is 4.00. The van der Waals surface area contributed by atoms with Crippen LogP contribution in [0.1, 0.15) is 34.3 Å². The van der Waals surface area contributed by atoms with Gasteiger partial charge in [-0.05, 0) is 60.7 Å². The zero-order chi connectivity index (χ0) is 17.4. The van der Waals surface area contributed by atoms with Gasteiger partial charge in [0.15, 0.2) is 0 Å². The molecule has 1 amide bonds. The predicted octanol–water partition coefficient (Wildman–Crippen LogP) is 2.99. The van der Waals surface area contributed by atoms with Gasteiger partial charge >= 0.3 is 5.97 Å². The van der Waals surface area contributed by atoms with Crippen molar-refractivity contribution in [3.05, 3.63) is 59.4 Å². The molecule has 6 heteroatoms. The Labute approximate surface area is 150 Å². The summed E-state index contributed by atoms with van der Waals surface area (Å²) in [4.78, 5) is 31.2. The van der Waals surface area contributed by atoms with E-state index in [-0.39, 0.29) is 5.91 Å². The first kappa shape index (κ1) is 16.1. The number of aromatic carboxylic acids is 1. The molecule has 1 atom stereocenters. The minimum Gasteiger partial charge on any atom is -0.478 e. The first-order valence-electron chi connectivity index (χ1n) is 8.31. The van der Waals surface area contributed by atoms with E-state index in [1.165, 1.54) is 0 Å². The Morgan fingerprint density at radius 3 is 2.80 bits per heavy atom. The van der Waals surface area contributed by atoms with E-state index >= 15 is 0 Å². The van der Waals surface area contributed by atoms with Crippen molar-refractivity contribution in [3.8, 4) is 0 Å². The molecule has 1 aromatic heterocycles. The molecule has 2 aliphatic rings. The van der Waals surface area contributed by atoms with Crippen LogP contribution in [0.25, 0.3) is 0 Å². The third-order valence-electron chi connectivity index (χ3n) is 5.00. The molecule has 0 bridgehead atoms. The van der Waals surface area contributed by atoms with Gasteiger partial charge in [-0.2, -0.15) is 0 Å². The normalized spacial score (nSPS) is 22.2. The Bertz CT molecular complexity index is 840. The molecule has 128 valence electrons. The number of nitrogens with zero attached hydrogens (tertiary/aromatic N) is 2. The van der Waals surface area contributed by atoms with E-state index < -0.39 is 10.7 Å². The van der Waals surface area contributed by atoms with Gasteiger partial charge in [0.25, 0.3) is 0 Å². The minimum absolute atomic E-state index is 0.197. The fourth-order valence-electron chi connectivity index (χ4n) is 3.60. The lowest BCUT2D eigenvalue weighted by Gasteiger charge is -2.32. The van der Waals surface area contributed by atoms with Crippen LogP contribution < -0.4 is 0 Å². The summed E-state index contributed by atoms with van der Waals surface area (Å²) < 4.78 is -0.398. The molecule has 5 nitrogen and oxygen atoms in total. The molecule has 1 saturated heterocycles. The highest BCUT2D eigenvalue weighted by Gasteiger charge is 2.49. The molecule has 1 N–H and O–H groups in total.